The molecule has 1 N–H and O–H groups in total. The molecule has 0 saturated carbocycles. The van der Waals surface area contributed by atoms with E-state index in [1.165, 1.54) is 11.1 Å². The second kappa shape index (κ2) is 10.8. The number of nitrogens with one attached hydrogen (secondary N) is 1. The molecular formula is C19H25BrN2O2. The average molecular weight is 393 g/mol. The minimum Gasteiger partial charge on any atom is -0.483 e. The number of hydrogen-bond donors (Lipinski definition) is 1. The third-order valence-electron chi connectivity index (χ3n) is 3.21. The van der Waals surface area contributed by atoms with Crippen LogP contribution in [-0.2, 0) is 4.79 Å². The van der Waals surface area contributed by atoms with Crippen molar-refractivity contribution in [2.45, 2.75) is 40.5 Å². The number of hydrazone groups is 1. The van der Waals surface area contributed by atoms with Crippen LogP contribution in [-0.4, -0.2) is 18.7 Å². The maximum Gasteiger partial charge on any atom is 0.277 e. The summed E-state index contributed by atoms with van der Waals surface area (Å²) in [4.78, 5) is 11.7. The molecule has 0 atom stereocenters. The van der Waals surface area contributed by atoms with Crippen molar-refractivity contribution in [3.63, 3.8) is 0 Å². The first-order valence-corrected chi connectivity index (χ1v) is 8.67. The van der Waals surface area contributed by atoms with Gasteiger partial charge in [-0.1, -0.05) is 33.2 Å². The lowest BCUT2D eigenvalue weighted by Gasteiger charge is -2.08. The molecule has 0 bridgehead atoms. The predicted molar refractivity (Wildman–Crippen MR) is 103 cm³/mol. The van der Waals surface area contributed by atoms with Crippen molar-refractivity contribution in [1.82, 2.24) is 5.43 Å². The molecule has 0 radical (unpaired) electrons. The molecule has 0 aliphatic heterocycles. The molecule has 1 rings (SSSR count). The number of ether oxygens (including phenoxy) is 1. The van der Waals surface area contributed by atoms with Gasteiger partial charge in [0.25, 0.3) is 5.91 Å². The van der Waals surface area contributed by atoms with Crippen molar-refractivity contribution in [2.24, 2.45) is 5.10 Å². The van der Waals surface area contributed by atoms with E-state index in [2.05, 4.69) is 46.4 Å². The van der Waals surface area contributed by atoms with Crippen LogP contribution >= 0.6 is 15.9 Å². The smallest absolute Gasteiger partial charge is 0.277 e. The number of allylic oxidation sites excluding steroid dienone is 4. The van der Waals surface area contributed by atoms with Crippen LogP contribution < -0.4 is 10.2 Å². The largest absolute Gasteiger partial charge is 0.483 e. The normalized spacial score (nSPS) is 11.5. The molecular weight excluding hydrogens is 368 g/mol. The first-order chi connectivity index (χ1) is 11.4. The summed E-state index contributed by atoms with van der Waals surface area (Å²) >= 11 is 3.39. The average Bonchev–Trinajstić information content (AvgIpc) is 2.50. The third kappa shape index (κ3) is 8.67. The van der Waals surface area contributed by atoms with Gasteiger partial charge in [-0.05, 0) is 70.4 Å². The standard InChI is InChI=1S/C19H25BrN2O2/c1-14(2)6-5-7-15(3)10-11-21-22-19(23)13-24-18-9-8-17(20)12-16(18)4/h6,8-12H,5,7,13H2,1-4H3,(H,22,23)/b15-10+,21-11+. The van der Waals surface area contributed by atoms with Crippen molar-refractivity contribution in [3.8, 4) is 5.75 Å². The number of aryl methyl sites for hydroxylation is 1. The molecule has 0 aliphatic carbocycles. The number of carbonyl (C=O) groups is 1. The number of halogens is 1. The van der Waals surface area contributed by atoms with Crippen molar-refractivity contribution in [1.29, 1.82) is 0 Å². The highest BCUT2D eigenvalue weighted by molar-refractivity contribution is 9.10. The van der Waals surface area contributed by atoms with Gasteiger partial charge in [0, 0.05) is 10.7 Å². The van der Waals surface area contributed by atoms with E-state index < -0.39 is 0 Å². The zero-order valence-corrected chi connectivity index (χ0v) is 16.3. The number of rotatable bonds is 8. The van der Waals surface area contributed by atoms with Crippen molar-refractivity contribution >= 4 is 28.1 Å². The maximum absolute atomic E-state index is 11.7. The van der Waals surface area contributed by atoms with Gasteiger partial charge in [-0.15, -0.1) is 0 Å². The number of nitrogens with zero attached hydrogens (tertiary/aromatic N) is 1. The summed E-state index contributed by atoms with van der Waals surface area (Å²) in [7, 11) is 0. The van der Waals surface area contributed by atoms with E-state index in [4.69, 9.17) is 4.74 Å². The molecule has 0 saturated heterocycles. The van der Waals surface area contributed by atoms with E-state index in [9.17, 15) is 4.79 Å². The molecule has 5 heteroatoms. The number of hydrogen-bond acceptors (Lipinski definition) is 3. The van der Waals surface area contributed by atoms with Gasteiger partial charge in [0.05, 0.1) is 0 Å². The monoisotopic (exact) mass is 392 g/mol. The van der Waals surface area contributed by atoms with Crippen LogP contribution in [0.2, 0.25) is 0 Å². The number of carbonyl (C=O) groups excluding carboxylic acids is 1. The van der Waals surface area contributed by atoms with Crippen molar-refractivity contribution in [3.05, 3.63) is 51.5 Å². The van der Waals surface area contributed by atoms with Crippen LogP contribution in [0, 0.1) is 6.92 Å². The Labute approximate surface area is 152 Å². The highest BCUT2D eigenvalue weighted by atomic mass is 79.9. The Hall–Kier alpha value is -1.88. The maximum atomic E-state index is 11.7. The topological polar surface area (TPSA) is 50.7 Å². The summed E-state index contributed by atoms with van der Waals surface area (Å²) in [5.74, 6) is 0.400. The Kier molecular flexibility index (Phi) is 9.08. The Morgan fingerprint density at radius 1 is 1.33 bits per heavy atom. The van der Waals surface area contributed by atoms with Crippen LogP contribution in [0.15, 0.2) is 51.1 Å². The quantitative estimate of drug-likeness (QED) is 0.387. The molecule has 24 heavy (non-hydrogen) atoms. The van der Waals surface area contributed by atoms with E-state index in [1.807, 2.05) is 38.1 Å². The second-order valence-corrected chi connectivity index (χ2v) is 6.76. The summed E-state index contributed by atoms with van der Waals surface area (Å²) in [5.41, 5.74) is 5.96. The minimum atomic E-state index is -0.288. The molecule has 4 nitrogen and oxygen atoms in total. The molecule has 0 aliphatic rings. The van der Waals surface area contributed by atoms with E-state index in [0.717, 1.165) is 22.9 Å². The van der Waals surface area contributed by atoms with E-state index in [1.54, 1.807) is 6.21 Å². The predicted octanol–water partition coefficient (Wildman–Crippen LogP) is 4.93. The van der Waals surface area contributed by atoms with Crippen molar-refractivity contribution < 1.29 is 9.53 Å². The first kappa shape index (κ1) is 20.2. The fraction of sp³-hybridized carbons (Fsp3) is 0.368. The Morgan fingerprint density at radius 3 is 2.75 bits per heavy atom. The van der Waals surface area contributed by atoms with E-state index in [0.29, 0.717) is 5.75 Å². The summed E-state index contributed by atoms with van der Waals surface area (Å²) in [6.07, 6.45) is 7.71. The lowest BCUT2D eigenvalue weighted by atomic mass is 10.1. The third-order valence-corrected chi connectivity index (χ3v) is 3.70. The van der Waals surface area contributed by atoms with Gasteiger partial charge in [0.15, 0.2) is 6.61 Å². The summed E-state index contributed by atoms with van der Waals surface area (Å²) in [6, 6.07) is 5.64. The van der Waals surface area contributed by atoms with Crippen LogP contribution in [0.3, 0.4) is 0 Å². The molecule has 1 aromatic carbocycles. The molecule has 0 heterocycles. The first-order valence-electron chi connectivity index (χ1n) is 7.88. The molecule has 0 fully saturated rings. The highest BCUT2D eigenvalue weighted by Crippen LogP contribution is 2.21. The van der Waals surface area contributed by atoms with Gasteiger partial charge in [0.1, 0.15) is 5.75 Å². The minimum absolute atomic E-state index is 0.0664. The molecule has 1 aromatic rings. The highest BCUT2D eigenvalue weighted by Gasteiger charge is 2.04. The van der Waals surface area contributed by atoms with Gasteiger partial charge in [-0.25, -0.2) is 5.43 Å². The van der Waals surface area contributed by atoms with Gasteiger partial charge >= 0.3 is 0 Å². The lowest BCUT2D eigenvalue weighted by molar-refractivity contribution is -0.123. The molecule has 0 aromatic heterocycles. The molecule has 0 unspecified atom stereocenters. The summed E-state index contributed by atoms with van der Waals surface area (Å²) < 4.78 is 6.46. The fourth-order valence-electron chi connectivity index (χ4n) is 1.90. The van der Waals surface area contributed by atoms with Gasteiger partial charge in [-0.3, -0.25) is 4.79 Å². The van der Waals surface area contributed by atoms with E-state index >= 15 is 0 Å². The second-order valence-electron chi connectivity index (χ2n) is 5.84. The van der Waals surface area contributed by atoms with Crippen LogP contribution in [0.4, 0.5) is 0 Å². The van der Waals surface area contributed by atoms with Crippen LogP contribution in [0.25, 0.3) is 0 Å². The SMILES string of the molecule is CC(C)=CCC/C(C)=C/C=N/NC(=O)COc1ccc(Br)cc1C. The van der Waals surface area contributed by atoms with Crippen LogP contribution in [0.1, 0.15) is 39.2 Å². The summed E-state index contributed by atoms with van der Waals surface area (Å²) in [5, 5.41) is 3.90. The Morgan fingerprint density at radius 2 is 2.08 bits per heavy atom. The fourth-order valence-corrected chi connectivity index (χ4v) is 2.37. The number of benzene rings is 1. The van der Waals surface area contributed by atoms with E-state index in [-0.39, 0.29) is 12.5 Å². The molecule has 130 valence electrons. The zero-order chi connectivity index (χ0) is 17.9. The Balaban J connectivity index is 2.33. The van der Waals surface area contributed by atoms with Gasteiger partial charge < -0.3 is 4.74 Å². The molecule has 0 spiro atoms. The lowest BCUT2D eigenvalue weighted by Crippen LogP contribution is -2.24. The van der Waals surface area contributed by atoms with Gasteiger partial charge in [-0.2, -0.15) is 5.10 Å². The van der Waals surface area contributed by atoms with Crippen LogP contribution in [0.5, 0.6) is 5.75 Å². The van der Waals surface area contributed by atoms with Gasteiger partial charge in [0.2, 0.25) is 0 Å². The molecule has 1 amide bonds. The summed E-state index contributed by atoms with van der Waals surface area (Å²) in [6.45, 7) is 8.09. The zero-order valence-electron chi connectivity index (χ0n) is 14.7. The number of amides is 1. The Bertz CT molecular complexity index is 645. The van der Waals surface area contributed by atoms with Crippen molar-refractivity contribution in [2.75, 3.05) is 6.61 Å².